The average Bonchev–Trinajstić information content (AvgIpc) is 2.02. The Kier molecular flexibility index (Phi) is 6.81. The molecule has 0 aromatic carbocycles. The van der Waals surface area contributed by atoms with Crippen molar-refractivity contribution in [1.82, 2.24) is 5.01 Å². The number of hydrogen-bond acceptors (Lipinski definition) is 2. The SMILES string of the molecule is CC(C)=CCC/C(C)=C\C=NN(C)C. The van der Waals surface area contributed by atoms with E-state index in [2.05, 4.69) is 38.0 Å². The number of allylic oxidation sites excluding steroid dienone is 4. The maximum absolute atomic E-state index is 4.12. The van der Waals surface area contributed by atoms with E-state index >= 15 is 0 Å². The maximum Gasteiger partial charge on any atom is 0.0469 e. The van der Waals surface area contributed by atoms with Crippen molar-refractivity contribution >= 4 is 6.21 Å². The maximum atomic E-state index is 4.12. The van der Waals surface area contributed by atoms with Crippen LogP contribution in [0, 0.1) is 0 Å². The summed E-state index contributed by atoms with van der Waals surface area (Å²) >= 11 is 0. The second-order valence-electron chi connectivity index (χ2n) is 3.94. The Labute approximate surface area is 88.0 Å². The highest BCUT2D eigenvalue weighted by Gasteiger charge is 1.87. The van der Waals surface area contributed by atoms with Gasteiger partial charge in [-0.15, -0.1) is 0 Å². The van der Waals surface area contributed by atoms with Crippen LogP contribution in [0.2, 0.25) is 0 Å². The van der Waals surface area contributed by atoms with E-state index in [1.54, 1.807) is 5.01 Å². The van der Waals surface area contributed by atoms with Gasteiger partial charge in [-0.05, 0) is 39.7 Å². The molecule has 0 aromatic heterocycles. The Bertz CT molecular complexity index is 231. The molecular formula is C12H22N2. The summed E-state index contributed by atoms with van der Waals surface area (Å²) in [6.07, 6.45) is 8.42. The van der Waals surface area contributed by atoms with Crippen molar-refractivity contribution in [1.29, 1.82) is 0 Å². The van der Waals surface area contributed by atoms with Gasteiger partial charge in [0.2, 0.25) is 0 Å². The highest BCUT2D eigenvalue weighted by atomic mass is 15.4. The smallest absolute Gasteiger partial charge is 0.0469 e. The molecule has 0 unspecified atom stereocenters. The van der Waals surface area contributed by atoms with Gasteiger partial charge in [0.25, 0.3) is 0 Å². The lowest BCUT2D eigenvalue weighted by Crippen LogP contribution is -2.00. The third-order valence-corrected chi connectivity index (χ3v) is 1.75. The van der Waals surface area contributed by atoms with Crippen LogP contribution < -0.4 is 0 Å². The summed E-state index contributed by atoms with van der Waals surface area (Å²) < 4.78 is 0. The van der Waals surface area contributed by atoms with Crippen LogP contribution >= 0.6 is 0 Å². The number of rotatable bonds is 5. The molecule has 14 heavy (non-hydrogen) atoms. The fourth-order valence-corrected chi connectivity index (χ4v) is 0.966. The molecule has 0 aromatic rings. The minimum Gasteiger partial charge on any atom is -0.303 e. The Morgan fingerprint density at radius 2 is 1.86 bits per heavy atom. The molecule has 0 fully saturated rings. The zero-order valence-electron chi connectivity index (χ0n) is 10.0. The highest BCUT2D eigenvalue weighted by molar-refractivity contribution is 5.71. The number of hydrazone groups is 1. The molecule has 0 saturated heterocycles. The second-order valence-corrected chi connectivity index (χ2v) is 3.94. The molecule has 0 rings (SSSR count). The molecule has 2 heteroatoms. The normalized spacial score (nSPS) is 11.9. The Morgan fingerprint density at radius 1 is 1.21 bits per heavy atom. The van der Waals surface area contributed by atoms with Gasteiger partial charge in [-0.3, -0.25) is 0 Å². The van der Waals surface area contributed by atoms with E-state index < -0.39 is 0 Å². The zero-order chi connectivity index (χ0) is 11.0. The van der Waals surface area contributed by atoms with Crippen LogP contribution in [-0.2, 0) is 0 Å². The summed E-state index contributed by atoms with van der Waals surface area (Å²) in [5, 5.41) is 5.92. The van der Waals surface area contributed by atoms with Crippen LogP contribution in [0.15, 0.2) is 28.4 Å². The largest absolute Gasteiger partial charge is 0.303 e. The van der Waals surface area contributed by atoms with Gasteiger partial charge in [-0.25, -0.2) is 0 Å². The van der Waals surface area contributed by atoms with Gasteiger partial charge in [0.1, 0.15) is 0 Å². The fraction of sp³-hybridized carbons (Fsp3) is 0.583. The van der Waals surface area contributed by atoms with Gasteiger partial charge in [-0.2, -0.15) is 5.10 Å². The third kappa shape index (κ3) is 9.04. The van der Waals surface area contributed by atoms with Crippen LogP contribution in [-0.4, -0.2) is 25.3 Å². The quantitative estimate of drug-likeness (QED) is 0.373. The van der Waals surface area contributed by atoms with Gasteiger partial charge >= 0.3 is 0 Å². The lowest BCUT2D eigenvalue weighted by molar-refractivity contribution is 0.440. The minimum atomic E-state index is 1.12. The molecule has 0 aliphatic carbocycles. The molecule has 0 bridgehead atoms. The molecule has 80 valence electrons. The van der Waals surface area contributed by atoms with Crippen LogP contribution in [0.4, 0.5) is 0 Å². The second kappa shape index (κ2) is 7.36. The van der Waals surface area contributed by atoms with Crippen molar-refractivity contribution < 1.29 is 0 Å². The van der Waals surface area contributed by atoms with Crippen LogP contribution in [0.1, 0.15) is 33.6 Å². The molecular weight excluding hydrogens is 172 g/mol. The van der Waals surface area contributed by atoms with Crippen molar-refractivity contribution in [2.24, 2.45) is 5.10 Å². The predicted octanol–water partition coefficient (Wildman–Crippen LogP) is 3.23. The molecule has 0 radical (unpaired) electrons. The van der Waals surface area contributed by atoms with Crippen molar-refractivity contribution in [3.8, 4) is 0 Å². The first-order chi connectivity index (χ1) is 6.52. The molecule has 0 N–H and O–H groups in total. The number of hydrogen-bond donors (Lipinski definition) is 0. The lowest BCUT2D eigenvalue weighted by atomic mass is 10.1. The first-order valence-electron chi connectivity index (χ1n) is 5.03. The molecule has 0 aliphatic heterocycles. The van der Waals surface area contributed by atoms with Crippen molar-refractivity contribution in [2.75, 3.05) is 14.1 Å². The van der Waals surface area contributed by atoms with Crippen molar-refractivity contribution in [3.63, 3.8) is 0 Å². The third-order valence-electron chi connectivity index (χ3n) is 1.75. The molecule has 0 heterocycles. The Balaban J connectivity index is 3.84. The van der Waals surface area contributed by atoms with Crippen LogP contribution in [0.5, 0.6) is 0 Å². The van der Waals surface area contributed by atoms with Crippen molar-refractivity contribution in [3.05, 3.63) is 23.3 Å². The Morgan fingerprint density at radius 3 is 2.36 bits per heavy atom. The highest BCUT2D eigenvalue weighted by Crippen LogP contribution is 2.05. The van der Waals surface area contributed by atoms with Crippen LogP contribution in [0.25, 0.3) is 0 Å². The van der Waals surface area contributed by atoms with Gasteiger partial charge in [0, 0.05) is 20.3 Å². The van der Waals surface area contributed by atoms with E-state index in [1.807, 2.05) is 20.3 Å². The van der Waals surface area contributed by atoms with E-state index in [0.717, 1.165) is 12.8 Å². The van der Waals surface area contributed by atoms with Gasteiger partial charge < -0.3 is 5.01 Å². The average molecular weight is 194 g/mol. The molecule has 0 saturated carbocycles. The van der Waals surface area contributed by atoms with E-state index in [4.69, 9.17) is 0 Å². The predicted molar refractivity (Wildman–Crippen MR) is 64.6 cm³/mol. The molecule has 0 spiro atoms. The van der Waals surface area contributed by atoms with Crippen LogP contribution in [0.3, 0.4) is 0 Å². The number of nitrogens with zero attached hydrogens (tertiary/aromatic N) is 2. The minimum absolute atomic E-state index is 1.12. The standard InChI is InChI=1S/C12H22N2/c1-11(2)7-6-8-12(3)9-10-13-14(4)5/h7,9-10H,6,8H2,1-5H3/b12-9-,13-10?. The van der Waals surface area contributed by atoms with E-state index in [0.29, 0.717) is 0 Å². The molecule has 0 aliphatic rings. The molecule has 0 atom stereocenters. The fourth-order valence-electron chi connectivity index (χ4n) is 0.966. The lowest BCUT2D eigenvalue weighted by Gasteiger charge is -2.01. The van der Waals surface area contributed by atoms with Crippen molar-refractivity contribution in [2.45, 2.75) is 33.6 Å². The summed E-state index contributed by atoms with van der Waals surface area (Å²) in [5.41, 5.74) is 2.76. The summed E-state index contributed by atoms with van der Waals surface area (Å²) in [6, 6.07) is 0. The molecule has 2 nitrogen and oxygen atoms in total. The summed E-state index contributed by atoms with van der Waals surface area (Å²) in [4.78, 5) is 0. The summed E-state index contributed by atoms with van der Waals surface area (Å²) in [6.45, 7) is 6.40. The van der Waals surface area contributed by atoms with E-state index in [-0.39, 0.29) is 0 Å². The first-order valence-corrected chi connectivity index (χ1v) is 5.03. The molecule has 0 amide bonds. The monoisotopic (exact) mass is 194 g/mol. The summed E-state index contributed by atoms with van der Waals surface area (Å²) in [7, 11) is 3.84. The topological polar surface area (TPSA) is 15.6 Å². The Hall–Kier alpha value is -1.05. The van der Waals surface area contributed by atoms with E-state index in [9.17, 15) is 0 Å². The first kappa shape index (κ1) is 12.9. The van der Waals surface area contributed by atoms with Gasteiger partial charge in [0.05, 0.1) is 0 Å². The van der Waals surface area contributed by atoms with Gasteiger partial charge in [-0.1, -0.05) is 17.2 Å². The zero-order valence-corrected chi connectivity index (χ0v) is 10.0. The van der Waals surface area contributed by atoms with Gasteiger partial charge in [0.15, 0.2) is 0 Å². The summed E-state index contributed by atoms with van der Waals surface area (Å²) in [5.74, 6) is 0. The van der Waals surface area contributed by atoms with E-state index in [1.165, 1.54) is 11.1 Å².